The van der Waals surface area contributed by atoms with Crippen LogP contribution in [0.1, 0.15) is 105 Å². The maximum absolute atomic E-state index is 2.49. The van der Waals surface area contributed by atoms with Gasteiger partial charge in [0.1, 0.15) is 0 Å². The van der Waals surface area contributed by atoms with Crippen LogP contribution in [0.5, 0.6) is 0 Å². The normalized spacial score (nSPS) is 12.6. The number of nitrogens with zero attached hydrogens (tertiary/aromatic N) is 6. The zero-order valence-electron chi connectivity index (χ0n) is 61.6. The van der Waals surface area contributed by atoms with Crippen LogP contribution < -0.4 is 9.80 Å². The molecule has 0 saturated carbocycles. The van der Waals surface area contributed by atoms with Crippen LogP contribution in [0, 0.1) is 0 Å². The zero-order chi connectivity index (χ0) is 71.3. The second-order valence-electron chi connectivity index (χ2n) is 32.8. The Balaban J connectivity index is 0.796. The van der Waals surface area contributed by atoms with Gasteiger partial charge in [-0.05, 0) is 225 Å². The third-order valence-electron chi connectivity index (χ3n) is 21.8. The molecule has 0 atom stereocenters. The molecular formula is C98H86N6. The molecule has 0 aliphatic carbocycles. The average Bonchev–Trinajstić information content (AvgIpc) is 1.57. The lowest BCUT2D eigenvalue weighted by atomic mass is 9.80. The molecule has 4 aromatic heterocycles. The number of anilines is 6. The van der Waals surface area contributed by atoms with Crippen molar-refractivity contribution in [2.45, 2.75) is 105 Å². The number of hydrogen-bond acceptors (Lipinski definition) is 2. The Morgan fingerprint density at radius 1 is 0.183 bits per heavy atom. The summed E-state index contributed by atoms with van der Waals surface area (Å²) in [6.07, 6.45) is 0. The summed E-state index contributed by atoms with van der Waals surface area (Å²) < 4.78 is 9.94. The zero-order valence-corrected chi connectivity index (χ0v) is 61.6. The van der Waals surface area contributed by atoms with Crippen LogP contribution in [-0.4, -0.2) is 18.3 Å². The van der Waals surface area contributed by atoms with Crippen molar-refractivity contribution >= 4 is 132 Å². The molecule has 6 nitrogen and oxygen atoms in total. The Kier molecular flexibility index (Phi) is 14.7. The van der Waals surface area contributed by atoms with E-state index in [0.29, 0.717) is 0 Å². The van der Waals surface area contributed by atoms with E-state index in [1.807, 2.05) is 0 Å². The van der Waals surface area contributed by atoms with E-state index in [9.17, 15) is 0 Å². The predicted octanol–water partition coefficient (Wildman–Crippen LogP) is 27.4. The molecule has 508 valence electrons. The molecule has 0 aliphatic heterocycles. The van der Waals surface area contributed by atoms with Gasteiger partial charge in [-0.25, -0.2) is 0 Å². The molecule has 0 saturated heterocycles. The summed E-state index contributed by atoms with van der Waals surface area (Å²) >= 11 is 0. The van der Waals surface area contributed by atoms with Crippen molar-refractivity contribution in [1.82, 2.24) is 18.3 Å². The first-order valence-electron chi connectivity index (χ1n) is 36.8. The van der Waals surface area contributed by atoms with Gasteiger partial charge >= 0.3 is 0 Å². The molecule has 0 spiro atoms. The van der Waals surface area contributed by atoms with Crippen LogP contribution in [0.2, 0.25) is 0 Å². The second-order valence-corrected chi connectivity index (χ2v) is 32.8. The molecule has 18 aromatic rings. The van der Waals surface area contributed by atoms with E-state index in [-0.39, 0.29) is 21.7 Å². The average molecular weight is 1350 g/mol. The molecule has 4 heterocycles. The smallest absolute Gasteiger partial charge is 0.0561 e. The van der Waals surface area contributed by atoms with Crippen molar-refractivity contribution < 1.29 is 0 Å². The number of benzene rings is 14. The van der Waals surface area contributed by atoms with Gasteiger partial charge in [-0.3, -0.25) is 0 Å². The molecule has 0 aliphatic rings. The van der Waals surface area contributed by atoms with E-state index in [1.54, 1.807) is 0 Å². The van der Waals surface area contributed by atoms with Crippen LogP contribution in [-0.2, 0) is 21.7 Å². The van der Waals surface area contributed by atoms with E-state index < -0.39 is 0 Å². The third-order valence-corrected chi connectivity index (χ3v) is 21.8. The molecule has 0 unspecified atom stereocenters. The molecule has 0 N–H and O–H groups in total. The van der Waals surface area contributed by atoms with Crippen molar-refractivity contribution in [3.8, 4) is 22.7 Å². The Labute approximate surface area is 609 Å². The van der Waals surface area contributed by atoms with Crippen LogP contribution in [0.25, 0.3) is 121 Å². The fraction of sp³-hybridized carbons (Fsp3) is 0.163. The number of fused-ring (bicyclic) bond motifs is 13. The fourth-order valence-corrected chi connectivity index (χ4v) is 16.3. The highest BCUT2D eigenvalue weighted by Gasteiger charge is 2.28. The summed E-state index contributed by atoms with van der Waals surface area (Å²) in [5.74, 6) is 0. The maximum atomic E-state index is 2.49. The van der Waals surface area contributed by atoms with Gasteiger partial charge < -0.3 is 28.1 Å². The first-order chi connectivity index (χ1) is 50.1. The van der Waals surface area contributed by atoms with E-state index in [0.717, 1.165) is 67.6 Å². The molecule has 104 heavy (non-hydrogen) atoms. The van der Waals surface area contributed by atoms with Gasteiger partial charge in [-0.15, -0.1) is 0 Å². The van der Waals surface area contributed by atoms with Gasteiger partial charge in [0.15, 0.2) is 0 Å². The van der Waals surface area contributed by atoms with Crippen molar-refractivity contribution in [1.29, 1.82) is 0 Å². The molecule has 0 amide bonds. The molecule has 0 fully saturated rings. The first kappa shape index (κ1) is 64.3. The van der Waals surface area contributed by atoms with Gasteiger partial charge in [0.25, 0.3) is 0 Å². The van der Waals surface area contributed by atoms with Crippen LogP contribution >= 0.6 is 0 Å². The van der Waals surface area contributed by atoms with Crippen molar-refractivity contribution in [2.24, 2.45) is 0 Å². The maximum Gasteiger partial charge on any atom is 0.0561 e. The summed E-state index contributed by atoms with van der Waals surface area (Å²) in [5.41, 5.74) is 25.6. The van der Waals surface area contributed by atoms with Gasteiger partial charge in [-0.2, -0.15) is 0 Å². The van der Waals surface area contributed by atoms with Gasteiger partial charge in [0, 0.05) is 100.0 Å². The summed E-state index contributed by atoms with van der Waals surface area (Å²) in [7, 11) is 0. The minimum atomic E-state index is -0.0279. The number of hydrogen-bond donors (Lipinski definition) is 0. The van der Waals surface area contributed by atoms with E-state index in [1.165, 1.54) is 110 Å². The fourth-order valence-electron chi connectivity index (χ4n) is 16.3. The van der Waals surface area contributed by atoms with E-state index in [2.05, 4.69) is 414 Å². The monoisotopic (exact) mass is 1350 g/mol. The highest BCUT2D eigenvalue weighted by molar-refractivity contribution is 6.20. The minimum absolute atomic E-state index is 0.0279. The number of para-hydroxylation sites is 6. The summed E-state index contributed by atoms with van der Waals surface area (Å²) in [6, 6.07) is 114. The second kappa shape index (κ2) is 23.9. The Morgan fingerprint density at radius 2 is 0.452 bits per heavy atom. The number of rotatable bonds is 10. The lowest BCUT2D eigenvalue weighted by Crippen LogP contribution is -2.17. The van der Waals surface area contributed by atoms with Crippen LogP contribution in [0.15, 0.2) is 303 Å². The highest BCUT2D eigenvalue weighted by Crippen LogP contribution is 2.48. The van der Waals surface area contributed by atoms with Gasteiger partial charge in [-0.1, -0.05) is 217 Å². The van der Waals surface area contributed by atoms with E-state index >= 15 is 0 Å². The third kappa shape index (κ3) is 10.7. The van der Waals surface area contributed by atoms with Gasteiger partial charge in [0.2, 0.25) is 0 Å². The van der Waals surface area contributed by atoms with Gasteiger partial charge in [0.05, 0.1) is 44.1 Å². The standard InChI is InChI=1S/C98H86N6/c1-95(2,3)65-53-66(96(4,5)6)56-77(55-65)103-87-39-27-25-37-79(87)85-59-73(43-47-89(85)103)99(69-29-17-13-18-30-69)75-41-45-81-83-49-63-50-84-82-46-42-76(62-94(82)102(72-35-23-16-24-36-72)92(84)52-64(63)51-91(83)101(93(81)61-75)71-33-21-15-22-34-71)100(70-31-19-14-20-32-70)74-44-48-90-86(60-74)80-38-26-28-40-88(80)104(90)78-57-67(97(7,8)9)54-68(58-78)98(10,11)12/h13-62H,1-12H3. The molecule has 18 rings (SSSR count). The largest absolute Gasteiger partial charge is 0.310 e. The Morgan fingerprint density at radius 3 is 0.817 bits per heavy atom. The molecule has 14 aromatic carbocycles. The molecule has 6 heteroatoms. The summed E-state index contributed by atoms with van der Waals surface area (Å²) in [6.45, 7) is 27.9. The molecule has 0 radical (unpaired) electrons. The van der Waals surface area contributed by atoms with E-state index in [4.69, 9.17) is 0 Å². The summed E-state index contributed by atoms with van der Waals surface area (Å²) in [4.78, 5) is 4.87. The topological polar surface area (TPSA) is 26.2 Å². The highest BCUT2D eigenvalue weighted by atomic mass is 15.2. The number of aromatic nitrogens is 4. The lowest BCUT2D eigenvalue weighted by molar-refractivity contribution is 0.567. The van der Waals surface area contributed by atoms with Crippen molar-refractivity contribution in [3.05, 3.63) is 326 Å². The Bertz CT molecular complexity index is 5980. The lowest BCUT2D eigenvalue weighted by Gasteiger charge is -2.27. The van der Waals surface area contributed by atoms with Crippen LogP contribution in [0.4, 0.5) is 34.1 Å². The summed E-state index contributed by atoms with van der Waals surface area (Å²) in [5, 5.41) is 12.0. The van der Waals surface area contributed by atoms with Crippen LogP contribution in [0.3, 0.4) is 0 Å². The minimum Gasteiger partial charge on any atom is -0.310 e. The SMILES string of the molecule is CC(C)(C)c1cc(-n2c3ccccc3c3cc(N(c4ccccc4)c4ccc5c6cc7cc8c9ccc(N(c%10ccccc%10)c%10ccc%11c(c%10)c%10ccccc%10n%11-c%10cc(C(C)(C)C)cc(C(C)(C)C)c%10)cc9n(-c9ccccc9)c8cc7cc6n(-c6ccccc6)c5c4)ccc32)cc(C(C)(C)C)c1. The Hall–Kier alpha value is -11.9. The molecular weight excluding hydrogens is 1260 g/mol. The molecule has 0 bridgehead atoms. The first-order valence-corrected chi connectivity index (χ1v) is 36.8. The quantitative estimate of drug-likeness (QED) is 0.136. The van der Waals surface area contributed by atoms with Crippen molar-refractivity contribution in [2.75, 3.05) is 9.80 Å². The van der Waals surface area contributed by atoms with Crippen molar-refractivity contribution in [3.63, 3.8) is 0 Å². The predicted molar refractivity (Wildman–Crippen MR) is 445 cm³/mol.